The molecule has 1 aliphatic heterocycles. The smallest absolute Gasteiger partial charge is 0.0702 e. The maximum atomic E-state index is 5.77. The van der Waals surface area contributed by atoms with Gasteiger partial charge >= 0.3 is 0 Å². The number of ether oxygens (including phenoxy) is 1. The fourth-order valence-corrected chi connectivity index (χ4v) is 2.87. The van der Waals surface area contributed by atoms with Crippen LogP contribution in [0.5, 0.6) is 0 Å². The third-order valence-corrected chi connectivity index (χ3v) is 4.01. The lowest BCUT2D eigenvalue weighted by molar-refractivity contribution is 0.00363. The van der Waals surface area contributed by atoms with E-state index in [1.165, 1.54) is 30.5 Å². The van der Waals surface area contributed by atoms with Crippen molar-refractivity contribution in [2.24, 2.45) is 0 Å². The van der Waals surface area contributed by atoms with E-state index >= 15 is 0 Å². The first-order valence-electron chi connectivity index (χ1n) is 8.32. The van der Waals surface area contributed by atoms with E-state index in [2.05, 4.69) is 55.3 Å². The molecule has 0 spiro atoms. The van der Waals surface area contributed by atoms with Gasteiger partial charge < -0.3 is 10.1 Å². The van der Waals surface area contributed by atoms with Crippen molar-refractivity contribution in [2.75, 3.05) is 19.7 Å². The minimum absolute atomic E-state index is 0.429. The summed E-state index contributed by atoms with van der Waals surface area (Å²) >= 11 is 0. The Balaban J connectivity index is 1.82. The summed E-state index contributed by atoms with van der Waals surface area (Å²) in [5, 5.41) is 3.46. The lowest BCUT2D eigenvalue weighted by Gasteiger charge is -2.32. The minimum Gasteiger partial charge on any atom is -0.377 e. The Bertz CT molecular complexity index is 400. The highest BCUT2D eigenvalue weighted by molar-refractivity contribution is 5.22. The molecule has 1 N–H and O–H groups in total. The molecule has 0 radical (unpaired) electrons. The Morgan fingerprint density at radius 2 is 1.95 bits per heavy atom. The summed E-state index contributed by atoms with van der Waals surface area (Å²) in [6.45, 7) is 11.5. The van der Waals surface area contributed by atoms with E-state index < -0.39 is 0 Å². The molecule has 1 atom stereocenters. The monoisotopic (exact) mass is 290 g/mol. The fourth-order valence-electron chi connectivity index (χ4n) is 2.87. The maximum Gasteiger partial charge on any atom is 0.0702 e. The number of hydrogen-bond acceptors (Lipinski definition) is 3. The van der Waals surface area contributed by atoms with Crippen LogP contribution in [0.15, 0.2) is 24.3 Å². The number of rotatable bonds is 7. The van der Waals surface area contributed by atoms with Crippen LogP contribution in [0.4, 0.5) is 0 Å². The largest absolute Gasteiger partial charge is 0.377 e. The molecule has 21 heavy (non-hydrogen) atoms. The van der Waals surface area contributed by atoms with Crippen LogP contribution in [0, 0.1) is 0 Å². The van der Waals surface area contributed by atoms with Gasteiger partial charge in [-0.3, -0.25) is 4.90 Å². The second-order valence-electron chi connectivity index (χ2n) is 6.31. The molecule has 1 aromatic rings. The molecule has 0 aromatic heterocycles. The zero-order valence-electron chi connectivity index (χ0n) is 13.8. The molecule has 1 heterocycles. The van der Waals surface area contributed by atoms with Gasteiger partial charge in [0, 0.05) is 32.3 Å². The topological polar surface area (TPSA) is 24.5 Å². The zero-order chi connectivity index (χ0) is 15.1. The van der Waals surface area contributed by atoms with Gasteiger partial charge in [-0.15, -0.1) is 0 Å². The molecule has 0 bridgehead atoms. The Hall–Kier alpha value is -0.900. The van der Waals surface area contributed by atoms with Gasteiger partial charge in [0.05, 0.1) is 6.10 Å². The number of likely N-dealkylation sites (tertiary alicyclic amines) is 1. The predicted octanol–water partition coefficient (Wildman–Crippen LogP) is 3.19. The molecule has 1 unspecified atom stereocenters. The number of benzene rings is 1. The molecule has 0 aliphatic carbocycles. The van der Waals surface area contributed by atoms with E-state index in [0.717, 1.165) is 26.2 Å². The highest BCUT2D eigenvalue weighted by Gasteiger charge is 2.19. The van der Waals surface area contributed by atoms with Gasteiger partial charge in [-0.1, -0.05) is 38.1 Å². The lowest BCUT2D eigenvalue weighted by atomic mass is 10.1. The fraction of sp³-hybridized carbons (Fsp3) is 0.667. The molecular formula is C18H30N2O. The quantitative estimate of drug-likeness (QED) is 0.834. The molecule has 3 heteroatoms. The molecule has 2 rings (SSSR count). The first-order chi connectivity index (χ1) is 10.2. The zero-order valence-corrected chi connectivity index (χ0v) is 13.8. The Labute approximate surface area is 129 Å². The van der Waals surface area contributed by atoms with Gasteiger partial charge in [0.15, 0.2) is 0 Å². The molecule has 1 fully saturated rings. The lowest BCUT2D eigenvalue weighted by Crippen LogP contribution is -2.39. The van der Waals surface area contributed by atoms with Crippen LogP contribution in [0.1, 0.15) is 44.7 Å². The summed E-state index contributed by atoms with van der Waals surface area (Å²) in [5.74, 6) is 0. The molecule has 1 aliphatic rings. The van der Waals surface area contributed by atoms with Crippen LogP contribution in [-0.2, 0) is 17.8 Å². The Morgan fingerprint density at radius 1 is 1.24 bits per heavy atom. The van der Waals surface area contributed by atoms with Crippen molar-refractivity contribution >= 4 is 0 Å². The van der Waals surface area contributed by atoms with E-state index in [1.54, 1.807) is 0 Å². The van der Waals surface area contributed by atoms with Gasteiger partial charge in [0.1, 0.15) is 0 Å². The van der Waals surface area contributed by atoms with E-state index in [1.807, 2.05) is 0 Å². The average molecular weight is 290 g/mol. The van der Waals surface area contributed by atoms with Crippen molar-refractivity contribution in [3.8, 4) is 0 Å². The second kappa shape index (κ2) is 8.52. The summed E-state index contributed by atoms with van der Waals surface area (Å²) in [4.78, 5) is 2.52. The average Bonchev–Trinajstić information content (AvgIpc) is 2.47. The summed E-state index contributed by atoms with van der Waals surface area (Å²) in [6, 6.07) is 9.56. The molecule has 1 saturated heterocycles. The van der Waals surface area contributed by atoms with Gasteiger partial charge in [0.2, 0.25) is 0 Å². The van der Waals surface area contributed by atoms with Crippen molar-refractivity contribution in [3.63, 3.8) is 0 Å². The SMILES string of the molecule is CCOC1CCCN(Cc2ccc(CNC(C)C)cc2)C1. The number of nitrogens with one attached hydrogen (secondary N) is 1. The number of nitrogens with zero attached hydrogens (tertiary/aromatic N) is 1. The highest BCUT2D eigenvalue weighted by Crippen LogP contribution is 2.16. The van der Waals surface area contributed by atoms with Crippen molar-refractivity contribution in [3.05, 3.63) is 35.4 Å². The van der Waals surface area contributed by atoms with Gasteiger partial charge in [-0.2, -0.15) is 0 Å². The first kappa shape index (κ1) is 16.5. The van der Waals surface area contributed by atoms with Gasteiger partial charge in [-0.05, 0) is 37.4 Å². The Kier molecular flexibility index (Phi) is 6.68. The standard InChI is InChI=1S/C18H30N2O/c1-4-21-18-6-5-11-20(14-18)13-17-9-7-16(8-10-17)12-19-15(2)3/h7-10,15,18-19H,4-6,11-14H2,1-3H3. The molecule has 0 saturated carbocycles. The van der Waals surface area contributed by atoms with Crippen molar-refractivity contribution < 1.29 is 4.74 Å². The predicted molar refractivity (Wildman–Crippen MR) is 88.3 cm³/mol. The van der Waals surface area contributed by atoms with Crippen LogP contribution in [0.25, 0.3) is 0 Å². The van der Waals surface area contributed by atoms with Gasteiger partial charge in [0.25, 0.3) is 0 Å². The van der Waals surface area contributed by atoms with Crippen molar-refractivity contribution in [2.45, 2.75) is 58.8 Å². The molecule has 118 valence electrons. The number of piperidine rings is 1. The minimum atomic E-state index is 0.429. The summed E-state index contributed by atoms with van der Waals surface area (Å²) < 4.78 is 5.77. The third kappa shape index (κ3) is 5.77. The molecule has 0 amide bonds. The van der Waals surface area contributed by atoms with E-state index in [-0.39, 0.29) is 0 Å². The van der Waals surface area contributed by atoms with Gasteiger partial charge in [-0.25, -0.2) is 0 Å². The van der Waals surface area contributed by atoms with Crippen molar-refractivity contribution in [1.29, 1.82) is 0 Å². The maximum absolute atomic E-state index is 5.77. The van der Waals surface area contributed by atoms with Crippen LogP contribution in [0.2, 0.25) is 0 Å². The van der Waals surface area contributed by atoms with E-state index in [4.69, 9.17) is 4.74 Å². The summed E-state index contributed by atoms with van der Waals surface area (Å²) in [6.07, 6.45) is 2.89. The second-order valence-corrected chi connectivity index (χ2v) is 6.31. The Morgan fingerprint density at radius 3 is 2.62 bits per heavy atom. The number of hydrogen-bond donors (Lipinski definition) is 1. The van der Waals surface area contributed by atoms with Crippen LogP contribution in [0.3, 0.4) is 0 Å². The summed E-state index contributed by atoms with van der Waals surface area (Å²) in [7, 11) is 0. The highest BCUT2D eigenvalue weighted by atomic mass is 16.5. The molecular weight excluding hydrogens is 260 g/mol. The molecule has 1 aromatic carbocycles. The molecule has 3 nitrogen and oxygen atoms in total. The third-order valence-electron chi connectivity index (χ3n) is 4.01. The van der Waals surface area contributed by atoms with E-state index in [0.29, 0.717) is 12.1 Å². The van der Waals surface area contributed by atoms with Crippen LogP contribution >= 0.6 is 0 Å². The van der Waals surface area contributed by atoms with Crippen molar-refractivity contribution in [1.82, 2.24) is 10.2 Å². The summed E-state index contributed by atoms with van der Waals surface area (Å²) in [5.41, 5.74) is 2.76. The normalized spacial score (nSPS) is 20.1. The van der Waals surface area contributed by atoms with E-state index in [9.17, 15) is 0 Å². The van der Waals surface area contributed by atoms with Crippen LogP contribution < -0.4 is 5.32 Å². The van der Waals surface area contributed by atoms with Crippen LogP contribution in [-0.4, -0.2) is 36.7 Å². The first-order valence-corrected chi connectivity index (χ1v) is 8.32.